The van der Waals surface area contributed by atoms with Gasteiger partial charge in [0.25, 0.3) is 11.8 Å². The molecule has 2 aromatic carbocycles. The molecule has 1 aliphatic rings. The zero-order valence-electron chi connectivity index (χ0n) is 16.5. The van der Waals surface area contributed by atoms with Gasteiger partial charge in [0.15, 0.2) is 4.32 Å². The van der Waals surface area contributed by atoms with Crippen LogP contribution in [-0.2, 0) is 11.4 Å². The van der Waals surface area contributed by atoms with Crippen molar-refractivity contribution in [2.24, 2.45) is 0 Å². The van der Waals surface area contributed by atoms with Crippen LogP contribution >= 0.6 is 35.3 Å². The lowest BCUT2D eigenvalue weighted by Crippen LogP contribution is -2.44. The topological polar surface area (TPSA) is 58.6 Å². The lowest BCUT2D eigenvalue weighted by molar-refractivity contribution is -0.123. The van der Waals surface area contributed by atoms with E-state index in [4.69, 9.17) is 17.0 Å². The molecule has 0 bridgehead atoms. The van der Waals surface area contributed by atoms with E-state index in [0.717, 1.165) is 33.6 Å². The van der Waals surface area contributed by atoms with Crippen molar-refractivity contribution in [1.82, 2.24) is 10.4 Å². The second-order valence-electron chi connectivity index (χ2n) is 6.78. The van der Waals surface area contributed by atoms with Crippen molar-refractivity contribution in [2.75, 3.05) is 0 Å². The minimum Gasteiger partial charge on any atom is -0.489 e. The summed E-state index contributed by atoms with van der Waals surface area (Å²) in [6.07, 6.45) is 1.75. The molecule has 3 aromatic rings. The summed E-state index contributed by atoms with van der Waals surface area (Å²) in [7, 11) is 0. The van der Waals surface area contributed by atoms with Gasteiger partial charge in [-0.2, -0.15) is 5.01 Å². The van der Waals surface area contributed by atoms with Crippen molar-refractivity contribution in [3.05, 3.63) is 92.5 Å². The fourth-order valence-corrected chi connectivity index (χ4v) is 4.70. The van der Waals surface area contributed by atoms with Crippen LogP contribution in [0, 0.1) is 6.92 Å². The number of nitrogens with zero attached hydrogens (tertiary/aromatic N) is 1. The molecule has 8 heteroatoms. The number of hydrogen-bond acceptors (Lipinski definition) is 6. The van der Waals surface area contributed by atoms with E-state index in [1.165, 1.54) is 16.9 Å². The Morgan fingerprint density at radius 3 is 2.68 bits per heavy atom. The summed E-state index contributed by atoms with van der Waals surface area (Å²) in [6, 6.07) is 19.1. The second-order valence-corrected chi connectivity index (χ2v) is 9.41. The molecular formula is C23H18N2O3S3. The average Bonchev–Trinajstić information content (AvgIpc) is 3.38. The molecule has 2 amide bonds. The smallest absolute Gasteiger partial charge is 0.285 e. The number of amides is 2. The highest BCUT2D eigenvalue weighted by Gasteiger charge is 2.33. The van der Waals surface area contributed by atoms with E-state index in [9.17, 15) is 9.59 Å². The molecule has 0 unspecified atom stereocenters. The van der Waals surface area contributed by atoms with Gasteiger partial charge >= 0.3 is 0 Å². The first-order valence-electron chi connectivity index (χ1n) is 9.40. The van der Waals surface area contributed by atoms with Gasteiger partial charge in [-0.25, -0.2) is 0 Å². The molecule has 31 heavy (non-hydrogen) atoms. The number of carbonyl (C=O) groups excluding carboxylic acids is 2. The Balaban J connectivity index is 1.39. The van der Waals surface area contributed by atoms with Gasteiger partial charge in [0.05, 0.1) is 9.78 Å². The zero-order valence-corrected chi connectivity index (χ0v) is 19.0. The fourth-order valence-electron chi connectivity index (χ4n) is 2.91. The van der Waals surface area contributed by atoms with Crippen LogP contribution in [-0.4, -0.2) is 21.1 Å². The van der Waals surface area contributed by atoms with Crippen molar-refractivity contribution in [1.29, 1.82) is 0 Å². The van der Waals surface area contributed by atoms with Crippen LogP contribution in [0.15, 0.2) is 70.9 Å². The van der Waals surface area contributed by atoms with Crippen LogP contribution in [0.4, 0.5) is 0 Å². The third-order valence-corrected chi connectivity index (χ3v) is 6.59. The number of hydrogen-bond donors (Lipinski definition) is 1. The van der Waals surface area contributed by atoms with Gasteiger partial charge in [-0.1, -0.05) is 59.8 Å². The van der Waals surface area contributed by atoms with E-state index in [0.29, 0.717) is 20.7 Å². The Labute approximate surface area is 193 Å². The normalized spacial score (nSPS) is 14.9. The summed E-state index contributed by atoms with van der Waals surface area (Å²) < 4.78 is 6.13. The zero-order chi connectivity index (χ0) is 21.8. The van der Waals surface area contributed by atoms with Crippen LogP contribution in [0.3, 0.4) is 0 Å². The molecule has 0 radical (unpaired) electrons. The highest BCUT2D eigenvalue weighted by Crippen LogP contribution is 2.32. The molecular weight excluding hydrogens is 448 g/mol. The van der Waals surface area contributed by atoms with Gasteiger partial charge in [-0.3, -0.25) is 15.0 Å². The van der Waals surface area contributed by atoms with Crippen molar-refractivity contribution < 1.29 is 14.3 Å². The van der Waals surface area contributed by atoms with E-state index >= 15 is 0 Å². The third-order valence-electron chi connectivity index (χ3n) is 4.42. The lowest BCUT2D eigenvalue weighted by atomic mass is 10.1. The highest BCUT2D eigenvalue weighted by molar-refractivity contribution is 8.26. The van der Waals surface area contributed by atoms with E-state index in [-0.39, 0.29) is 11.8 Å². The summed E-state index contributed by atoms with van der Waals surface area (Å²) >= 11 is 7.72. The molecule has 0 spiro atoms. The standard InChI is InChI=1S/C23H18N2O3S3/c1-15-4-2-5-17(12-15)14-28-18-9-7-16(8-10-18)13-20-22(27)25(23(29)31-20)24-21(26)19-6-3-11-30-19/h2-13H,14H2,1H3,(H,24,26)/b20-13+. The lowest BCUT2D eigenvalue weighted by Gasteiger charge is -2.14. The summed E-state index contributed by atoms with van der Waals surface area (Å²) in [5.41, 5.74) is 5.72. The molecule has 0 atom stereocenters. The average molecular weight is 467 g/mol. The monoisotopic (exact) mass is 466 g/mol. The van der Waals surface area contributed by atoms with Gasteiger partial charge in [0, 0.05) is 0 Å². The Morgan fingerprint density at radius 1 is 1.16 bits per heavy atom. The molecule has 0 saturated carbocycles. The number of hydrazine groups is 1. The number of thioether (sulfide) groups is 1. The maximum Gasteiger partial charge on any atom is 0.285 e. The Hall–Kier alpha value is -2.94. The predicted molar refractivity (Wildman–Crippen MR) is 129 cm³/mol. The van der Waals surface area contributed by atoms with Crippen molar-refractivity contribution in [3.63, 3.8) is 0 Å². The van der Waals surface area contributed by atoms with Crippen LogP contribution < -0.4 is 10.2 Å². The quantitative estimate of drug-likeness (QED) is 0.401. The van der Waals surface area contributed by atoms with Gasteiger partial charge in [0.1, 0.15) is 12.4 Å². The number of benzene rings is 2. The first-order valence-corrected chi connectivity index (χ1v) is 11.5. The summed E-state index contributed by atoms with van der Waals surface area (Å²) in [5, 5.41) is 2.92. The second kappa shape index (κ2) is 9.47. The van der Waals surface area contributed by atoms with Crippen LogP contribution in [0.2, 0.25) is 0 Å². The molecule has 1 fully saturated rings. The molecule has 1 aromatic heterocycles. The van der Waals surface area contributed by atoms with E-state index < -0.39 is 0 Å². The van der Waals surface area contributed by atoms with Gasteiger partial charge in [-0.15, -0.1) is 11.3 Å². The molecule has 4 rings (SSSR count). The SMILES string of the molecule is Cc1cccc(COc2ccc(/C=C3/SC(=S)N(NC(=O)c4cccs4)C3=O)cc2)c1. The highest BCUT2D eigenvalue weighted by atomic mass is 32.2. The fraction of sp³-hybridized carbons (Fsp3) is 0.0870. The van der Waals surface area contributed by atoms with E-state index in [1.54, 1.807) is 23.6 Å². The first-order chi connectivity index (χ1) is 15.0. The number of nitrogens with one attached hydrogen (secondary N) is 1. The summed E-state index contributed by atoms with van der Waals surface area (Å²) in [5.74, 6) is 0.0387. The number of thiocarbonyl (C=S) groups is 1. The Bertz CT molecular complexity index is 1160. The largest absolute Gasteiger partial charge is 0.489 e. The van der Waals surface area contributed by atoms with Gasteiger partial charge in [-0.05, 0) is 59.9 Å². The molecule has 1 aliphatic heterocycles. The van der Waals surface area contributed by atoms with Crippen LogP contribution in [0.25, 0.3) is 6.08 Å². The molecule has 5 nitrogen and oxygen atoms in total. The number of thiophene rings is 1. The van der Waals surface area contributed by atoms with Gasteiger partial charge in [0.2, 0.25) is 0 Å². The summed E-state index contributed by atoms with van der Waals surface area (Å²) in [4.78, 5) is 25.9. The molecule has 1 saturated heterocycles. The van der Waals surface area contributed by atoms with E-state index in [2.05, 4.69) is 24.5 Å². The molecule has 156 valence electrons. The number of aryl methyl sites for hydroxylation is 1. The minimum atomic E-state index is -0.359. The van der Waals surface area contributed by atoms with Crippen LogP contribution in [0.1, 0.15) is 26.4 Å². The molecule has 1 N–H and O–H groups in total. The Morgan fingerprint density at radius 2 is 1.97 bits per heavy atom. The molecule has 0 aliphatic carbocycles. The first kappa shape index (κ1) is 21.3. The van der Waals surface area contributed by atoms with Gasteiger partial charge < -0.3 is 4.74 Å². The maximum atomic E-state index is 12.7. The van der Waals surface area contributed by atoms with Crippen molar-refractivity contribution >= 4 is 57.5 Å². The predicted octanol–water partition coefficient (Wildman–Crippen LogP) is 5.18. The number of carbonyl (C=O) groups is 2. The Kier molecular flexibility index (Phi) is 6.50. The van der Waals surface area contributed by atoms with Crippen molar-refractivity contribution in [3.8, 4) is 5.75 Å². The maximum absolute atomic E-state index is 12.7. The van der Waals surface area contributed by atoms with Crippen molar-refractivity contribution in [2.45, 2.75) is 13.5 Å². The number of ether oxygens (including phenoxy) is 1. The van der Waals surface area contributed by atoms with Crippen LogP contribution in [0.5, 0.6) is 5.75 Å². The molecule has 2 heterocycles. The third kappa shape index (κ3) is 5.22. The van der Waals surface area contributed by atoms with E-state index in [1.807, 2.05) is 36.4 Å². The number of rotatable bonds is 6. The minimum absolute atomic E-state index is 0.291. The summed E-state index contributed by atoms with van der Waals surface area (Å²) in [6.45, 7) is 2.54.